The number of aryl methyl sites for hydroxylation is 1. The molecule has 0 spiro atoms. The Kier molecular flexibility index (Phi) is 6.97. The van der Waals surface area contributed by atoms with Crippen LogP contribution in [0.4, 0.5) is 0 Å². The molecule has 0 bridgehead atoms. The fraction of sp³-hybridized carbons (Fsp3) is 0.846. The SMILES string of the molecule is CCC(CC)(CO)CNCc1cn(CCCO)nn1. The minimum absolute atomic E-state index is 0.0348. The molecule has 110 valence electrons. The molecule has 0 radical (unpaired) electrons. The van der Waals surface area contributed by atoms with Gasteiger partial charge in [0.2, 0.25) is 0 Å². The van der Waals surface area contributed by atoms with Crippen molar-refractivity contribution in [3.63, 3.8) is 0 Å². The lowest BCUT2D eigenvalue weighted by atomic mass is 9.83. The summed E-state index contributed by atoms with van der Waals surface area (Å²) in [5.41, 5.74) is 0.851. The number of nitrogens with zero attached hydrogens (tertiary/aromatic N) is 3. The molecule has 1 aromatic rings. The second-order valence-electron chi connectivity index (χ2n) is 5.02. The van der Waals surface area contributed by atoms with E-state index in [0.717, 1.165) is 25.1 Å². The van der Waals surface area contributed by atoms with Crippen LogP contribution in [-0.4, -0.2) is 45.0 Å². The van der Waals surface area contributed by atoms with E-state index in [2.05, 4.69) is 29.5 Å². The number of hydrogen-bond donors (Lipinski definition) is 3. The van der Waals surface area contributed by atoms with Crippen molar-refractivity contribution in [2.75, 3.05) is 19.8 Å². The fourth-order valence-corrected chi connectivity index (χ4v) is 2.00. The van der Waals surface area contributed by atoms with E-state index < -0.39 is 0 Å². The largest absolute Gasteiger partial charge is 0.396 e. The third-order valence-corrected chi connectivity index (χ3v) is 3.77. The van der Waals surface area contributed by atoms with Crippen LogP contribution in [0.2, 0.25) is 0 Å². The summed E-state index contributed by atoms with van der Waals surface area (Å²) >= 11 is 0. The van der Waals surface area contributed by atoms with Crippen LogP contribution in [0, 0.1) is 5.41 Å². The number of rotatable bonds is 10. The number of hydrogen-bond acceptors (Lipinski definition) is 5. The second-order valence-corrected chi connectivity index (χ2v) is 5.02. The molecule has 0 atom stereocenters. The maximum atomic E-state index is 9.48. The highest BCUT2D eigenvalue weighted by molar-refractivity contribution is 4.92. The Labute approximate surface area is 114 Å². The van der Waals surface area contributed by atoms with Gasteiger partial charge in [0.05, 0.1) is 5.69 Å². The summed E-state index contributed by atoms with van der Waals surface area (Å²) in [4.78, 5) is 0. The first-order chi connectivity index (χ1) is 9.19. The Morgan fingerprint density at radius 1 is 1.32 bits per heavy atom. The molecule has 1 aromatic heterocycles. The molecule has 0 aromatic carbocycles. The minimum atomic E-state index is -0.0348. The van der Waals surface area contributed by atoms with Gasteiger partial charge in [-0.3, -0.25) is 4.68 Å². The van der Waals surface area contributed by atoms with Crippen molar-refractivity contribution >= 4 is 0 Å². The van der Waals surface area contributed by atoms with Gasteiger partial charge in [-0.1, -0.05) is 19.1 Å². The van der Waals surface area contributed by atoms with Gasteiger partial charge in [0, 0.05) is 44.5 Å². The van der Waals surface area contributed by atoms with E-state index in [1.54, 1.807) is 4.68 Å². The van der Waals surface area contributed by atoms with Gasteiger partial charge < -0.3 is 15.5 Å². The predicted molar refractivity (Wildman–Crippen MR) is 73.5 cm³/mol. The van der Waals surface area contributed by atoms with Gasteiger partial charge in [0.15, 0.2) is 0 Å². The Bertz CT molecular complexity index is 342. The van der Waals surface area contributed by atoms with Gasteiger partial charge in [-0.2, -0.15) is 0 Å². The van der Waals surface area contributed by atoms with Crippen LogP contribution in [0.3, 0.4) is 0 Å². The molecule has 1 heterocycles. The third kappa shape index (κ3) is 4.89. The van der Waals surface area contributed by atoms with Crippen LogP contribution >= 0.6 is 0 Å². The maximum Gasteiger partial charge on any atom is 0.0964 e. The monoisotopic (exact) mass is 270 g/mol. The molecular weight excluding hydrogens is 244 g/mol. The fourth-order valence-electron chi connectivity index (χ4n) is 2.00. The lowest BCUT2D eigenvalue weighted by Gasteiger charge is -2.29. The molecule has 0 amide bonds. The summed E-state index contributed by atoms with van der Waals surface area (Å²) in [5, 5.41) is 29.6. The first kappa shape index (κ1) is 16.1. The zero-order chi connectivity index (χ0) is 14.1. The highest BCUT2D eigenvalue weighted by Crippen LogP contribution is 2.24. The van der Waals surface area contributed by atoms with E-state index in [0.29, 0.717) is 19.5 Å². The van der Waals surface area contributed by atoms with Crippen molar-refractivity contribution in [1.29, 1.82) is 0 Å². The Morgan fingerprint density at radius 3 is 2.63 bits per heavy atom. The molecule has 0 aliphatic rings. The molecule has 3 N–H and O–H groups in total. The molecule has 0 aliphatic carbocycles. The summed E-state index contributed by atoms with van der Waals surface area (Å²) in [6.07, 6.45) is 4.49. The standard InChI is InChI=1S/C13H26N4O2/c1-3-13(4-2,11-19)10-14-8-12-9-17(16-15-12)6-5-7-18/h9,14,18-19H,3-8,10-11H2,1-2H3. The number of nitrogens with one attached hydrogen (secondary N) is 1. The third-order valence-electron chi connectivity index (χ3n) is 3.77. The normalized spacial score (nSPS) is 12.0. The van der Waals surface area contributed by atoms with Gasteiger partial charge in [-0.15, -0.1) is 5.10 Å². The van der Waals surface area contributed by atoms with Crippen molar-refractivity contribution in [2.45, 2.75) is 46.2 Å². The van der Waals surface area contributed by atoms with Crippen LogP contribution in [-0.2, 0) is 13.1 Å². The predicted octanol–water partition coefficient (Wildman–Crippen LogP) is 0.549. The zero-order valence-electron chi connectivity index (χ0n) is 12.0. The lowest BCUT2D eigenvalue weighted by molar-refractivity contribution is 0.113. The Morgan fingerprint density at radius 2 is 2.05 bits per heavy atom. The van der Waals surface area contributed by atoms with Gasteiger partial charge in [0.25, 0.3) is 0 Å². The summed E-state index contributed by atoms with van der Waals surface area (Å²) in [5.74, 6) is 0. The van der Waals surface area contributed by atoms with E-state index in [-0.39, 0.29) is 18.6 Å². The van der Waals surface area contributed by atoms with Crippen molar-refractivity contribution in [2.24, 2.45) is 5.41 Å². The molecule has 6 nitrogen and oxygen atoms in total. The molecular formula is C13H26N4O2. The highest BCUT2D eigenvalue weighted by atomic mass is 16.3. The van der Waals surface area contributed by atoms with Crippen LogP contribution in [0.15, 0.2) is 6.20 Å². The minimum Gasteiger partial charge on any atom is -0.396 e. The molecule has 0 aliphatic heterocycles. The van der Waals surface area contributed by atoms with E-state index in [1.807, 2.05) is 6.20 Å². The summed E-state index contributed by atoms with van der Waals surface area (Å²) in [6.45, 7) is 6.70. The van der Waals surface area contributed by atoms with Crippen LogP contribution in [0.5, 0.6) is 0 Å². The van der Waals surface area contributed by atoms with Crippen molar-refractivity contribution in [3.05, 3.63) is 11.9 Å². The maximum absolute atomic E-state index is 9.48. The topological polar surface area (TPSA) is 83.2 Å². The number of aliphatic hydroxyl groups is 2. The Balaban J connectivity index is 2.38. The molecule has 0 fully saturated rings. The summed E-state index contributed by atoms with van der Waals surface area (Å²) in [7, 11) is 0. The number of aliphatic hydroxyl groups excluding tert-OH is 2. The molecule has 19 heavy (non-hydrogen) atoms. The first-order valence-corrected chi connectivity index (χ1v) is 7.01. The Hall–Kier alpha value is -0.980. The van der Waals surface area contributed by atoms with Crippen LogP contribution in [0.1, 0.15) is 38.8 Å². The van der Waals surface area contributed by atoms with Gasteiger partial charge >= 0.3 is 0 Å². The van der Waals surface area contributed by atoms with Gasteiger partial charge in [0.1, 0.15) is 0 Å². The van der Waals surface area contributed by atoms with E-state index in [9.17, 15) is 5.11 Å². The quantitative estimate of drug-likeness (QED) is 0.578. The lowest BCUT2D eigenvalue weighted by Crippen LogP contribution is -2.36. The zero-order valence-corrected chi connectivity index (χ0v) is 12.0. The molecule has 0 saturated heterocycles. The molecule has 0 saturated carbocycles. The number of aromatic nitrogens is 3. The average Bonchev–Trinajstić information content (AvgIpc) is 2.90. The molecule has 1 rings (SSSR count). The highest BCUT2D eigenvalue weighted by Gasteiger charge is 2.24. The van der Waals surface area contributed by atoms with Crippen LogP contribution < -0.4 is 5.32 Å². The van der Waals surface area contributed by atoms with Gasteiger partial charge in [-0.05, 0) is 19.3 Å². The molecule has 6 heteroatoms. The van der Waals surface area contributed by atoms with Crippen molar-refractivity contribution < 1.29 is 10.2 Å². The van der Waals surface area contributed by atoms with Crippen LogP contribution in [0.25, 0.3) is 0 Å². The molecule has 0 unspecified atom stereocenters. The summed E-state index contributed by atoms with van der Waals surface area (Å²) < 4.78 is 1.74. The van der Waals surface area contributed by atoms with E-state index in [4.69, 9.17) is 5.11 Å². The van der Waals surface area contributed by atoms with E-state index >= 15 is 0 Å². The van der Waals surface area contributed by atoms with Gasteiger partial charge in [-0.25, -0.2) is 0 Å². The smallest absolute Gasteiger partial charge is 0.0964 e. The second kappa shape index (κ2) is 8.24. The van der Waals surface area contributed by atoms with Crippen molar-refractivity contribution in [1.82, 2.24) is 20.3 Å². The summed E-state index contributed by atoms with van der Waals surface area (Å²) in [6, 6.07) is 0. The van der Waals surface area contributed by atoms with E-state index in [1.165, 1.54) is 0 Å². The first-order valence-electron chi connectivity index (χ1n) is 7.01. The van der Waals surface area contributed by atoms with Crippen molar-refractivity contribution in [3.8, 4) is 0 Å². The average molecular weight is 270 g/mol.